The lowest BCUT2D eigenvalue weighted by Crippen LogP contribution is -2.63. The highest BCUT2D eigenvalue weighted by Gasteiger charge is 2.49. The van der Waals surface area contributed by atoms with Gasteiger partial charge in [-0.15, -0.1) is 0 Å². The van der Waals surface area contributed by atoms with Gasteiger partial charge in [-0.3, -0.25) is 4.79 Å². The molecule has 0 fully saturated rings. The Balaban J connectivity index is 2.93. The molecule has 1 heterocycles. The maximum absolute atomic E-state index is 12.1. The summed E-state index contributed by atoms with van der Waals surface area (Å²) in [5.41, 5.74) is 4.77. The van der Waals surface area contributed by atoms with Crippen molar-refractivity contribution in [3.05, 3.63) is 0 Å². The van der Waals surface area contributed by atoms with Gasteiger partial charge in [-0.2, -0.15) is 0 Å². The van der Waals surface area contributed by atoms with E-state index in [4.69, 9.17) is 10.6 Å². The van der Waals surface area contributed by atoms with E-state index in [1.54, 1.807) is 20.8 Å². The van der Waals surface area contributed by atoms with Crippen LogP contribution in [-0.2, 0) is 19.2 Å². The predicted octanol–water partition coefficient (Wildman–Crippen LogP) is -0.457. The Labute approximate surface area is 130 Å². The number of hydrogen-bond donors (Lipinski definition) is 3. The molecule has 0 aromatic rings. The number of aliphatic hydroxyl groups is 1. The van der Waals surface area contributed by atoms with Crippen molar-refractivity contribution in [3.8, 4) is 0 Å². The Kier molecular flexibility index (Phi) is 5.90. The zero-order chi connectivity index (χ0) is 17.1. The van der Waals surface area contributed by atoms with Crippen LogP contribution in [0.3, 0.4) is 0 Å². The van der Waals surface area contributed by atoms with Gasteiger partial charge in [0, 0.05) is 6.42 Å². The molecule has 0 aliphatic carbocycles. The Hall–Kier alpha value is -1.67. The smallest absolute Gasteiger partial charge is 0.331 e. The topological polar surface area (TPSA) is 123 Å². The first-order valence-corrected chi connectivity index (χ1v) is 7.16. The molecule has 4 N–H and O–H groups in total. The summed E-state index contributed by atoms with van der Waals surface area (Å²) in [6.45, 7) is 6.71. The van der Waals surface area contributed by atoms with Crippen LogP contribution in [0.1, 0.15) is 34.1 Å². The number of amides is 1. The second-order valence-corrected chi connectivity index (χ2v) is 6.09. The van der Waals surface area contributed by atoms with E-state index < -0.39 is 35.7 Å². The number of rotatable bonds is 6. The lowest BCUT2D eigenvalue weighted by atomic mass is 9.87. The zero-order valence-corrected chi connectivity index (χ0v) is 13.6. The van der Waals surface area contributed by atoms with Gasteiger partial charge >= 0.3 is 5.97 Å². The van der Waals surface area contributed by atoms with Gasteiger partial charge in [-0.25, -0.2) is 4.79 Å². The number of esters is 1. The fourth-order valence-electron chi connectivity index (χ4n) is 2.10. The molecule has 0 radical (unpaired) electrons. The van der Waals surface area contributed by atoms with Gasteiger partial charge in [0.05, 0.1) is 18.9 Å². The molecule has 8 heteroatoms. The molecule has 0 saturated heterocycles. The van der Waals surface area contributed by atoms with Gasteiger partial charge in [0.1, 0.15) is 5.60 Å². The predicted molar refractivity (Wildman–Crippen MR) is 80.0 cm³/mol. The molecule has 1 aliphatic rings. The average Bonchev–Trinajstić information content (AvgIpc) is 2.89. The summed E-state index contributed by atoms with van der Waals surface area (Å²) in [5.74, 6) is -1.43. The largest absolute Gasteiger partial charge is 0.467 e. The van der Waals surface area contributed by atoms with Crippen LogP contribution in [0.2, 0.25) is 0 Å². The first-order chi connectivity index (χ1) is 10.1. The molecule has 4 atom stereocenters. The number of nitrogens with one attached hydrogen (secondary N) is 1. The van der Waals surface area contributed by atoms with Gasteiger partial charge in [-0.1, -0.05) is 19.0 Å². The lowest BCUT2D eigenvalue weighted by molar-refractivity contribution is -0.162. The maximum atomic E-state index is 12.1. The number of hydrogen-bond acceptors (Lipinski definition) is 7. The first-order valence-electron chi connectivity index (χ1n) is 7.16. The summed E-state index contributed by atoms with van der Waals surface area (Å²) >= 11 is 0. The molecule has 1 aliphatic heterocycles. The van der Waals surface area contributed by atoms with Gasteiger partial charge in [0.15, 0.2) is 12.1 Å². The fourth-order valence-corrected chi connectivity index (χ4v) is 2.10. The van der Waals surface area contributed by atoms with Crippen molar-refractivity contribution < 1.29 is 24.3 Å². The fraction of sp³-hybridized carbons (Fsp3) is 0.786. The Morgan fingerprint density at radius 1 is 1.55 bits per heavy atom. The summed E-state index contributed by atoms with van der Waals surface area (Å²) in [4.78, 5) is 29.3. The third-order valence-corrected chi connectivity index (χ3v) is 3.80. The second kappa shape index (κ2) is 7.06. The van der Waals surface area contributed by atoms with Crippen LogP contribution in [0.4, 0.5) is 0 Å². The number of nitrogens with two attached hydrogens (primary N) is 1. The molecular weight excluding hydrogens is 290 g/mol. The Morgan fingerprint density at radius 3 is 2.55 bits per heavy atom. The van der Waals surface area contributed by atoms with Gasteiger partial charge < -0.3 is 25.7 Å². The Morgan fingerprint density at radius 2 is 2.14 bits per heavy atom. The molecular formula is C14H25N3O5. The minimum Gasteiger partial charge on any atom is -0.467 e. The minimum atomic E-state index is -1.69. The quantitative estimate of drug-likeness (QED) is 0.570. The summed E-state index contributed by atoms with van der Waals surface area (Å²) in [5, 5.41) is 16.9. The van der Waals surface area contributed by atoms with E-state index in [9.17, 15) is 14.7 Å². The van der Waals surface area contributed by atoms with Crippen molar-refractivity contribution in [1.82, 2.24) is 5.32 Å². The molecule has 22 heavy (non-hydrogen) atoms. The highest BCUT2D eigenvalue weighted by atomic mass is 16.7. The molecule has 0 saturated carbocycles. The summed E-state index contributed by atoms with van der Waals surface area (Å²) in [6.07, 6.45) is -0.403. The summed E-state index contributed by atoms with van der Waals surface area (Å²) in [7, 11) is 1.18. The van der Waals surface area contributed by atoms with Crippen LogP contribution >= 0.6 is 0 Å². The molecule has 126 valence electrons. The summed E-state index contributed by atoms with van der Waals surface area (Å²) < 4.78 is 4.68. The van der Waals surface area contributed by atoms with E-state index in [-0.39, 0.29) is 5.92 Å². The zero-order valence-electron chi connectivity index (χ0n) is 13.6. The van der Waals surface area contributed by atoms with Crippen LogP contribution in [0.5, 0.6) is 0 Å². The molecule has 1 amide bonds. The van der Waals surface area contributed by atoms with Crippen molar-refractivity contribution in [2.45, 2.75) is 57.9 Å². The van der Waals surface area contributed by atoms with Gasteiger partial charge in [0.2, 0.25) is 5.91 Å². The van der Waals surface area contributed by atoms with E-state index in [2.05, 4.69) is 15.2 Å². The van der Waals surface area contributed by atoms with Crippen LogP contribution in [-0.4, -0.2) is 53.6 Å². The third-order valence-electron chi connectivity index (χ3n) is 3.80. The van der Waals surface area contributed by atoms with Crippen molar-refractivity contribution >= 4 is 17.6 Å². The van der Waals surface area contributed by atoms with E-state index in [1.807, 2.05) is 0 Å². The SMILES string of the molecule is COC(=O)[C@@H](NC(=O)[C@H](N)C(C)C)[C@@](C)(O)[C@@H]1CC(C)=NO1. The van der Waals surface area contributed by atoms with E-state index in [0.29, 0.717) is 12.1 Å². The molecule has 0 spiro atoms. The number of oxime groups is 1. The third kappa shape index (κ3) is 3.95. The van der Waals surface area contributed by atoms with Crippen molar-refractivity contribution in [1.29, 1.82) is 0 Å². The number of nitrogens with zero attached hydrogens (tertiary/aromatic N) is 1. The minimum absolute atomic E-state index is 0.114. The van der Waals surface area contributed by atoms with E-state index in [0.717, 1.165) is 0 Å². The molecule has 0 bridgehead atoms. The highest BCUT2D eigenvalue weighted by Crippen LogP contribution is 2.26. The highest BCUT2D eigenvalue weighted by molar-refractivity contribution is 5.89. The normalized spacial score (nSPS) is 23.1. The van der Waals surface area contributed by atoms with Crippen molar-refractivity contribution in [2.24, 2.45) is 16.8 Å². The van der Waals surface area contributed by atoms with Gasteiger partial charge in [-0.05, 0) is 19.8 Å². The van der Waals surface area contributed by atoms with Crippen LogP contribution in [0.15, 0.2) is 5.16 Å². The number of ether oxygens (including phenoxy) is 1. The first kappa shape index (κ1) is 18.4. The van der Waals surface area contributed by atoms with Gasteiger partial charge in [0.25, 0.3) is 0 Å². The summed E-state index contributed by atoms with van der Waals surface area (Å²) in [6, 6.07) is -2.11. The van der Waals surface area contributed by atoms with Crippen LogP contribution in [0.25, 0.3) is 0 Å². The van der Waals surface area contributed by atoms with Crippen molar-refractivity contribution in [3.63, 3.8) is 0 Å². The molecule has 1 rings (SSSR count). The van der Waals surface area contributed by atoms with Crippen LogP contribution in [0, 0.1) is 5.92 Å². The molecule has 0 unspecified atom stereocenters. The van der Waals surface area contributed by atoms with Crippen LogP contribution < -0.4 is 11.1 Å². The number of carbonyl (C=O) groups is 2. The Bertz CT molecular complexity index is 461. The molecule has 8 nitrogen and oxygen atoms in total. The monoisotopic (exact) mass is 315 g/mol. The van der Waals surface area contributed by atoms with Crippen molar-refractivity contribution in [2.75, 3.05) is 7.11 Å². The number of carbonyl (C=O) groups excluding carboxylic acids is 2. The molecule has 0 aromatic carbocycles. The van der Waals surface area contributed by atoms with E-state index in [1.165, 1.54) is 14.0 Å². The number of methoxy groups -OCH3 is 1. The van der Waals surface area contributed by atoms with E-state index >= 15 is 0 Å². The standard InChI is InChI=1S/C14H25N3O5/c1-7(2)10(15)12(18)16-11(13(19)21-5)14(4,20)9-6-8(3)17-22-9/h7,9-11,20H,6,15H2,1-5H3,(H,16,18)/t9-,10+,11+,14-/m0/s1. The average molecular weight is 315 g/mol. The second-order valence-electron chi connectivity index (χ2n) is 6.09. The molecule has 0 aromatic heterocycles. The lowest BCUT2D eigenvalue weighted by Gasteiger charge is -2.35. The maximum Gasteiger partial charge on any atom is 0.331 e.